The lowest BCUT2D eigenvalue weighted by molar-refractivity contribution is 1.21. The molecule has 1 rings (SSSR count). The van der Waals surface area contributed by atoms with Crippen LogP contribution >= 0.6 is 11.8 Å². The third-order valence-corrected chi connectivity index (χ3v) is 2.99. The number of nitrogens with two attached hydrogens (primary N) is 1. The zero-order valence-electron chi connectivity index (χ0n) is 8.92. The van der Waals surface area contributed by atoms with E-state index in [2.05, 4.69) is 11.2 Å². The second-order valence-corrected chi connectivity index (χ2v) is 4.31. The van der Waals surface area contributed by atoms with Crippen molar-refractivity contribution in [1.29, 1.82) is 0 Å². The third-order valence-electron chi connectivity index (χ3n) is 2.12. The van der Waals surface area contributed by atoms with Crippen molar-refractivity contribution in [1.82, 2.24) is 0 Å². The summed E-state index contributed by atoms with van der Waals surface area (Å²) < 4.78 is 0. The van der Waals surface area contributed by atoms with Crippen LogP contribution in [0.5, 0.6) is 0 Å². The van der Waals surface area contributed by atoms with E-state index in [0.717, 1.165) is 35.0 Å². The molecule has 0 fully saturated rings. The molecule has 0 radical (unpaired) electrons. The molecular weight excluding hydrogens is 204 g/mol. The topological polar surface area (TPSA) is 38.0 Å². The molecule has 0 amide bonds. The number of hydrogen-bond donors (Lipinski definition) is 2. The van der Waals surface area contributed by atoms with Crippen LogP contribution in [-0.2, 0) is 0 Å². The van der Waals surface area contributed by atoms with E-state index >= 15 is 0 Å². The number of nitrogens with one attached hydrogen (secondary N) is 1. The summed E-state index contributed by atoms with van der Waals surface area (Å²) in [5.41, 5.74) is 8.85. The van der Waals surface area contributed by atoms with Crippen molar-refractivity contribution < 1.29 is 0 Å². The van der Waals surface area contributed by atoms with Gasteiger partial charge in [0.15, 0.2) is 0 Å². The van der Waals surface area contributed by atoms with Crippen LogP contribution in [0.25, 0.3) is 0 Å². The van der Waals surface area contributed by atoms with Crippen molar-refractivity contribution in [2.45, 2.75) is 6.92 Å². The standard InChI is InChI=1S/C12H16N2S/c1-3-8-15-9-7-14-12-6-4-5-11(13)10(12)2/h1,4-6,14H,7-9,13H2,2H3. The lowest BCUT2D eigenvalue weighted by atomic mass is 10.1. The van der Waals surface area contributed by atoms with Gasteiger partial charge in [-0.25, -0.2) is 0 Å². The molecule has 80 valence electrons. The fourth-order valence-corrected chi connectivity index (χ4v) is 1.74. The van der Waals surface area contributed by atoms with E-state index < -0.39 is 0 Å². The number of terminal acetylenes is 1. The summed E-state index contributed by atoms with van der Waals surface area (Å²) in [6.45, 7) is 2.93. The minimum absolute atomic E-state index is 0.775. The van der Waals surface area contributed by atoms with Gasteiger partial charge in [0.05, 0.1) is 5.75 Å². The fourth-order valence-electron chi connectivity index (χ4n) is 1.23. The molecule has 0 atom stereocenters. The molecule has 0 aromatic heterocycles. The highest BCUT2D eigenvalue weighted by atomic mass is 32.2. The van der Waals surface area contributed by atoms with Gasteiger partial charge in [0.2, 0.25) is 0 Å². The maximum atomic E-state index is 5.80. The van der Waals surface area contributed by atoms with Gasteiger partial charge in [0.1, 0.15) is 0 Å². The quantitative estimate of drug-likeness (QED) is 0.454. The number of benzene rings is 1. The molecule has 0 heterocycles. The van der Waals surface area contributed by atoms with Crippen molar-refractivity contribution in [3.8, 4) is 12.3 Å². The van der Waals surface area contributed by atoms with Gasteiger partial charge in [-0.05, 0) is 24.6 Å². The van der Waals surface area contributed by atoms with Gasteiger partial charge < -0.3 is 11.1 Å². The molecule has 0 spiro atoms. The first-order valence-corrected chi connectivity index (χ1v) is 6.01. The molecule has 0 aliphatic heterocycles. The Balaban J connectivity index is 2.38. The molecule has 1 aromatic rings. The zero-order chi connectivity index (χ0) is 11.1. The Kier molecular flexibility index (Phi) is 4.92. The van der Waals surface area contributed by atoms with E-state index in [9.17, 15) is 0 Å². The number of anilines is 2. The van der Waals surface area contributed by atoms with Gasteiger partial charge in [0, 0.05) is 23.7 Å². The van der Waals surface area contributed by atoms with Gasteiger partial charge in [0.25, 0.3) is 0 Å². The molecule has 0 aliphatic rings. The largest absolute Gasteiger partial charge is 0.398 e. The molecule has 0 unspecified atom stereocenters. The maximum Gasteiger partial charge on any atom is 0.0545 e. The first-order valence-electron chi connectivity index (χ1n) is 4.86. The average Bonchev–Trinajstić information content (AvgIpc) is 2.24. The summed E-state index contributed by atoms with van der Waals surface area (Å²) in [6.07, 6.45) is 5.16. The van der Waals surface area contributed by atoms with Crippen LogP contribution in [-0.4, -0.2) is 18.1 Å². The summed E-state index contributed by atoms with van der Waals surface area (Å²) in [6, 6.07) is 5.91. The maximum absolute atomic E-state index is 5.80. The van der Waals surface area contributed by atoms with Crippen LogP contribution in [0.15, 0.2) is 18.2 Å². The lowest BCUT2D eigenvalue weighted by Crippen LogP contribution is -2.06. The average molecular weight is 220 g/mol. The first-order chi connectivity index (χ1) is 7.25. The second-order valence-electron chi connectivity index (χ2n) is 3.20. The van der Waals surface area contributed by atoms with Gasteiger partial charge in [-0.2, -0.15) is 0 Å². The van der Waals surface area contributed by atoms with E-state index in [1.807, 2.05) is 25.1 Å². The summed E-state index contributed by atoms with van der Waals surface area (Å²) in [7, 11) is 0. The summed E-state index contributed by atoms with van der Waals surface area (Å²) >= 11 is 1.75. The predicted molar refractivity (Wildman–Crippen MR) is 70.2 cm³/mol. The van der Waals surface area contributed by atoms with Crippen molar-refractivity contribution in [2.24, 2.45) is 0 Å². The summed E-state index contributed by atoms with van der Waals surface area (Å²) in [5.74, 6) is 4.39. The minimum atomic E-state index is 0.775. The van der Waals surface area contributed by atoms with Crippen LogP contribution in [0.2, 0.25) is 0 Å². The van der Waals surface area contributed by atoms with Gasteiger partial charge in [-0.3, -0.25) is 0 Å². The summed E-state index contributed by atoms with van der Waals surface area (Å²) in [4.78, 5) is 0. The van der Waals surface area contributed by atoms with Crippen molar-refractivity contribution in [3.05, 3.63) is 23.8 Å². The normalized spacial score (nSPS) is 9.60. The lowest BCUT2D eigenvalue weighted by Gasteiger charge is -2.10. The molecule has 0 saturated heterocycles. The van der Waals surface area contributed by atoms with Crippen molar-refractivity contribution in [3.63, 3.8) is 0 Å². The predicted octanol–water partition coefficient (Wildman–Crippen LogP) is 2.36. The van der Waals surface area contributed by atoms with Crippen LogP contribution in [0, 0.1) is 19.3 Å². The molecule has 0 bridgehead atoms. The molecule has 2 nitrogen and oxygen atoms in total. The molecule has 0 aliphatic carbocycles. The van der Waals surface area contributed by atoms with E-state index in [4.69, 9.17) is 12.2 Å². The van der Waals surface area contributed by atoms with Gasteiger partial charge in [-0.15, -0.1) is 18.2 Å². The number of thioether (sulfide) groups is 1. The van der Waals surface area contributed by atoms with Gasteiger partial charge in [-0.1, -0.05) is 12.0 Å². The first kappa shape index (κ1) is 11.8. The highest BCUT2D eigenvalue weighted by Gasteiger charge is 1.99. The molecule has 0 saturated carbocycles. The van der Waals surface area contributed by atoms with Gasteiger partial charge >= 0.3 is 0 Å². The second kappa shape index (κ2) is 6.26. The summed E-state index contributed by atoms with van der Waals surface area (Å²) in [5, 5.41) is 3.34. The van der Waals surface area contributed by atoms with Crippen LogP contribution in [0.4, 0.5) is 11.4 Å². The van der Waals surface area contributed by atoms with E-state index in [-0.39, 0.29) is 0 Å². The molecule has 3 heteroatoms. The Hall–Kier alpha value is -1.27. The number of hydrogen-bond acceptors (Lipinski definition) is 3. The Morgan fingerprint density at radius 2 is 2.33 bits per heavy atom. The fraction of sp³-hybridized carbons (Fsp3) is 0.333. The van der Waals surface area contributed by atoms with E-state index in [1.54, 1.807) is 11.8 Å². The number of rotatable bonds is 5. The van der Waals surface area contributed by atoms with Crippen molar-refractivity contribution in [2.75, 3.05) is 29.1 Å². The highest BCUT2D eigenvalue weighted by Crippen LogP contribution is 2.20. The molecule has 3 N–H and O–H groups in total. The Morgan fingerprint density at radius 1 is 1.53 bits per heavy atom. The monoisotopic (exact) mass is 220 g/mol. The van der Waals surface area contributed by atoms with Crippen LogP contribution in [0.3, 0.4) is 0 Å². The third kappa shape index (κ3) is 3.77. The SMILES string of the molecule is C#CCSCCNc1cccc(N)c1C. The zero-order valence-corrected chi connectivity index (χ0v) is 9.73. The molecule has 1 aromatic carbocycles. The smallest absolute Gasteiger partial charge is 0.0545 e. The van der Waals surface area contributed by atoms with Crippen LogP contribution in [0.1, 0.15) is 5.56 Å². The Bertz CT molecular complexity index is 355. The number of nitrogen functional groups attached to an aromatic ring is 1. The van der Waals surface area contributed by atoms with E-state index in [0.29, 0.717) is 0 Å². The van der Waals surface area contributed by atoms with Crippen molar-refractivity contribution >= 4 is 23.1 Å². The Morgan fingerprint density at radius 3 is 3.07 bits per heavy atom. The highest BCUT2D eigenvalue weighted by molar-refractivity contribution is 7.99. The van der Waals surface area contributed by atoms with Crippen LogP contribution < -0.4 is 11.1 Å². The Labute approximate surface area is 95.6 Å². The minimum Gasteiger partial charge on any atom is -0.398 e. The molecular formula is C12H16N2S. The van der Waals surface area contributed by atoms with E-state index in [1.165, 1.54) is 0 Å². The molecule has 15 heavy (non-hydrogen) atoms.